The zero-order chi connectivity index (χ0) is 13.7. The predicted octanol–water partition coefficient (Wildman–Crippen LogP) is 1.81. The zero-order valence-electron chi connectivity index (χ0n) is 12.4. The number of aromatic nitrogens is 2. The predicted molar refractivity (Wildman–Crippen MR) is 75.2 cm³/mol. The largest absolute Gasteiger partial charge is 0.339 e. The van der Waals surface area contributed by atoms with Gasteiger partial charge in [0, 0.05) is 18.4 Å². The third kappa shape index (κ3) is 4.01. The summed E-state index contributed by atoms with van der Waals surface area (Å²) < 4.78 is 5.34. The number of hydrogen-bond acceptors (Lipinski definition) is 5. The van der Waals surface area contributed by atoms with Gasteiger partial charge in [0.2, 0.25) is 5.89 Å². The van der Waals surface area contributed by atoms with Crippen LogP contribution in [0.1, 0.15) is 50.7 Å². The Morgan fingerprint density at radius 2 is 2.11 bits per heavy atom. The highest BCUT2D eigenvalue weighted by Gasteiger charge is 2.25. The van der Waals surface area contributed by atoms with Crippen molar-refractivity contribution < 1.29 is 4.52 Å². The smallest absolute Gasteiger partial charge is 0.226 e. The maximum absolute atomic E-state index is 5.34. The van der Waals surface area contributed by atoms with Gasteiger partial charge >= 0.3 is 0 Å². The standard InChI is InChI=1S/C14H26N4O/c1-11(2)18-9-6-12(7-10-18)14-16-13(19-17-14)5-4-8-15-3/h11-12,15H,4-10H2,1-3H3. The van der Waals surface area contributed by atoms with E-state index in [1.54, 1.807) is 0 Å². The molecule has 2 rings (SSSR count). The molecule has 1 aromatic rings. The molecule has 0 amide bonds. The van der Waals surface area contributed by atoms with E-state index in [0.29, 0.717) is 12.0 Å². The van der Waals surface area contributed by atoms with E-state index in [1.807, 2.05) is 7.05 Å². The third-order valence-corrected chi connectivity index (χ3v) is 3.93. The second kappa shape index (κ2) is 7.01. The minimum Gasteiger partial charge on any atom is -0.339 e. The summed E-state index contributed by atoms with van der Waals surface area (Å²) in [6, 6.07) is 0.642. The molecule has 1 aromatic heterocycles. The molecule has 0 bridgehead atoms. The molecule has 0 radical (unpaired) electrons. The molecule has 0 spiro atoms. The molecule has 1 fully saturated rings. The van der Waals surface area contributed by atoms with Crippen LogP contribution < -0.4 is 5.32 Å². The van der Waals surface area contributed by atoms with Crippen LogP contribution in [0.2, 0.25) is 0 Å². The van der Waals surface area contributed by atoms with Crippen molar-refractivity contribution in [2.24, 2.45) is 0 Å². The number of hydrogen-bond donors (Lipinski definition) is 1. The summed E-state index contributed by atoms with van der Waals surface area (Å²) in [6.07, 6.45) is 4.21. The molecular formula is C14H26N4O. The second-order valence-corrected chi connectivity index (χ2v) is 5.66. The second-order valence-electron chi connectivity index (χ2n) is 5.66. The highest BCUT2D eigenvalue weighted by molar-refractivity contribution is 4.98. The molecule has 1 aliphatic rings. The first-order valence-electron chi connectivity index (χ1n) is 7.42. The summed E-state index contributed by atoms with van der Waals surface area (Å²) in [5, 5.41) is 7.29. The van der Waals surface area contributed by atoms with E-state index in [4.69, 9.17) is 4.52 Å². The Balaban J connectivity index is 1.82. The van der Waals surface area contributed by atoms with Crippen molar-refractivity contribution in [3.8, 4) is 0 Å². The summed E-state index contributed by atoms with van der Waals surface area (Å²) in [6.45, 7) is 7.80. The number of piperidine rings is 1. The van der Waals surface area contributed by atoms with Gasteiger partial charge in [-0.3, -0.25) is 0 Å². The molecule has 0 aromatic carbocycles. The summed E-state index contributed by atoms with van der Waals surface area (Å²) >= 11 is 0. The average Bonchev–Trinajstić information content (AvgIpc) is 2.88. The van der Waals surface area contributed by atoms with E-state index in [2.05, 4.69) is 34.2 Å². The van der Waals surface area contributed by atoms with Crippen LogP contribution in [0.4, 0.5) is 0 Å². The highest BCUT2D eigenvalue weighted by Crippen LogP contribution is 2.26. The van der Waals surface area contributed by atoms with Gasteiger partial charge in [0.15, 0.2) is 5.82 Å². The van der Waals surface area contributed by atoms with Gasteiger partial charge in [-0.1, -0.05) is 5.16 Å². The van der Waals surface area contributed by atoms with Gasteiger partial charge in [0.1, 0.15) is 0 Å². The summed E-state index contributed by atoms with van der Waals surface area (Å²) in [4.78, 5) is 7.07. The van der Waals surface area contributed by atoms with Crippen LogP contribution in [0.5, 0.6) is 0 Å². The lowest BCUT2D eigenvalue weighted by atomic mass is 9.95. The minimum atomic E-state index is 0.483. The molecule has 0 unspecified atom stereocenters. The van der Waals surface area contributed by atoms with Crippen molar-refractivity contribution in [3.63, 3.8) is 0 Å². The Labute approximate surface area is 115 Å². The van der Waals surface area contributed by atoms with Gasteiger partial charge in [0.25, 0.3) is 0 Å². The van der Waals surface area contributed by atoms with Crippen LogP contribution in [0.25, 0.3) is 0 Å². The van der Waals surface area contributed by atoms with E-state index >= 15 is 0 Å². The fraction of sp³-hybridized carbons (Fsp3) is 0.857. The maximum Gasteiger partial charge on any atom is 0.226 e. The Morgan fingerprint density at radius 1 is 1.37 bits per heavy atom. The van der Waals surface area contributed by atoms with Gasteiger partial charge in [-0.2, -0.15) is 4.98 Å². The van der Waals surface area contributed by atoms with E-state index < -0.39 is 0 Å². The Hall–Kier alpha value is -0.940. The molecule has 1 N–H and O–H groups in total. The lowest BCUT2D eigenvalue weighted by molar-refractivity contribution is 0.168. The van der Waals surface area contributed by atoms with Crippen LogP contribution in [-0.4, -0.2) is 47.8 Å². The van der Waals surface area contributed by atoms with E-state index in [0.717, 1.165) is 57.0 Å². The molecule has 0 atom stereocenters. The Kier molecular flexibility index (Phi) is 5.34. The van der Waals surface area contributed by atoms with Crippen molar-refractivity contribution in [2.45, 2.75) is 51.5 Å². The normalized spacial score (nSPS) is 18.3. The summed E-state index contributed by atoms with van der Waals surface area (Å²) in [7, 11) is 1.96. The molecule has 0 aliphatic carbocycles. The number of nitrogens with zero attached hydrogens (tertiary/aromatic N) is 3. The first-order chi connectivity index (χ1) is 9.20. The lowest BCUT2D eigenvalue weighted by Crippen LogP contribution is -2.38. The molecule has 1 aliphatic heterocycles. The molecule has 19 heavy (non-hydrogen) atoms. The van der Waals surface area contributed by atoms with Gasteiger partial charge in [-0.05, 0) is 59.8 Å². The quantitative estimate of drug-likeness (QED) is 0.796. The van der Waals surface area contributed by atoms with Crippen LogP contribution >= 0.6 is 0 Å². The maximum atomic E-state index is 5.34. The molecule has 0 saturated carbocycles. The first-order valence-corrected chi connectivity index (χ1v) is 7.42. The third-order valence-electron chi connectivity index (χ3n) is 3.93. The molecular weight excluding hydrogens is 240 g/mol. The van der Waals surface area contributed by atoms with Crippen LogP contribution in [0.3, 0.4) is 0 Å². The molecule has 5 heteroatoms. The van der Waals surface area contributed by atoms with E-state index in [1.165, 1.54) is 0 Å². The van der Waals surface area contributed by atoms with Gasteiger partial charge in [0.05, 0.1) is 0 Å². The van der Waals surface area contributed by atoms with Crippen molar-refractivity contribution in [1.82, 2.24) is 20.4 Å². The number of likely N-dealkylation sites (tertiary alicyclic amines) is 1. The van der Waals surface area contributed by atoms with Crippen LogP contribution in [0.15, 0.2) is 4.52 Å². The van der Waals surface area contributed by atoms with Crippen molar-refractivity contribution in [2.75, 3.05) is 26.7 Å². The fourth-order valence-electron chi connectivity index (χ4n) is 2.63. The number of aryl methyl sites for hydroxylation is 1. The van der Waals surface area contributed by atoms with Crippen molar-refractivity contribution in [3.05, 3.63) is 11.7 Å². The SMILES string of the molecule is CNCCCc1nc(C2CCN(C(C)C)CC2)no1. The molecule has 1 saturated heterocycles. The molecule has 108 valence electrons. The Morgan fingerprint density at radius 3 is 2.74 bits per heavy atom. The van der Waals surface area contributed by atoms with Crippen LogP contribution in [0, 0.1) is 0 Å². The highest BCUT2D eigenvalue weighted by atomic mass is 16.5. The van der Waals surface area contributed by atoms with Crippen molar-refractivity contribution in [1.29, 1.82) is 0 Å². The van der Waals surface area contributed by atoms with Gasteiger partial charge in [-0.15, -0.1) is 0 Å². The van der Waals surface area contributed by atoms with Crippen molar-refractivity contribution >= 4 is 0 Å². The Bertz CT molecular complexity index is 369. The summed E-state index contributed by atoms with van der Waals surface area (Å²) in [5.74, 6) is 2.19. The summed E-state index contributed by atoms with van der Waals surface area (Å²) in [5.41, 5.74) is 0. The fourth-order valence-corrected chi connectivity index (χ4v) is 2.63. The monoisotopic (exact) mass is 266 g/mol. The number of nitrogens with one attached hydrogen (secondary N) is 1. The van der Waals surface area contributed by atoms with E-state index in [9.17, 15) is 0 Å². The van der Waals surface area contributed by atoms with Crippen LogP contribution in [-0.2, 0) is 6.42 Å². The van der Waals surface area contributed by atoms with E-state index in [-0.39, 0.29) is 0 Å². The van der Waals surface area contributed by atoms with Gasteiger partial charge < -0.3 is 14.7 Å². The molecule has 2 heterocycles. The minimum absolute atomic E-state index is 0.483. The topological polar surface area (TPSA) is 54.2 Å². The van der Waals surface area contributed by atoms with Gasteiger partial charge in [-0.25, -0.2) is 0 Å². The first kappa shape index (κ1) is 14.5. The molecule has 5 nitrogen and oxygen atoms in total. The zero-order valence-corrected chi connectivity index (χ0v) is 12.4. The average molecular weight is 266 g/mol. The number of rotatable bonds is 6. The lowest BCUT2D eigenvalue weighted by Gasteiger charge is -2.33.